The van der Waals surface area contributed by atoms with Crippen LogP contribution >= 0.6 is 0 Å². The van der Waals surface area contributed by atoms with Crippen molar-refractivity contribution in [3.8, 4) is 0 Å². The SMILES string of the molecule is C[C@H]1CC(C(=O)O)C[C@@H]1C. The molecule has 58 valence electrons. The third-order valence-corrected chi connectivity index (χ3v) is 2.63. The van der Waals surface area contributed by atoms with Crippen molar-refractivity contribution in [1.82, 2.24) is 0 Å². The van der Waals surface area contributed by atoms with Gasteiger partial charge < -0.3 is 5.11 Å². The smallest absolute Gasteiger partial charge is 0.306 e. The molecule has 1 saturated carbocycles. The van der Waals surface area contributed by atoms with Crippen molar-refractivity contribution in [3.05, 3.63) is 0 Å². The van der Waals surface area contributed by atoms with Crippen LogP contribution in [0, 0.1) is 17.8 Å². The molecule has 0 aromatic carbocycles. The molecule has 0 aromatic rings. The first kappa shape index (κ1) is 7.58. The molecule has 0 spiro atoms. The van der Waals surface area contributed by atoms with Crippen molar-refractivity contribution < 1.29 is 9.90 Å². The average molecular weight is 142 g/mol. The fourth-order valence-electron chi connectivity index (χ4n) is 1.66. The van der Waals surface area contributed by atoms with Gasteiger partial charge in [0, 0.05) is 0 Å². The van der Waals surface area contributed by atoms with Crippen LogP contribution in [0.5, 0.6) is 0 Å². The molecule has 10 heavy (non-hydrogen) atoms. The van der Waals surface area contributed by atoms with Crippen LogP contribution in [0.2, 0.25) is 0 Å². The number of carboxylic acids is 1. The Kier molecular flexibility index (Phi) is 1.97. The average Bonchev–Trinajstić information content (AvgIpc) is 2.13. The van der Waals surface area contributed by atoms with Crippen LogP contribution in [0.3, 0.4) is 0 Å². The first-order valence-electron chi connectivity index (χ1n) is 3.84. The Bertz CT molecular complexity index is 132. The summed E-state index contributed by atoms with van der Waals surface area (Å²) >= 11 is 0. The summed E-state index contributed by atoms with van der Waals surface area (Å²) in [5.74, 6) is 0.517. The zero-order chi connectivity index (χ0) is 7.72. The van der Waals surface area contributed by atoms with Gasteiger partial charge >= 0.3 is 5.97 Å². The molecule has 0 aromatic heterocycles. The first-order valence-corrected chi connectivity index (χ1v) is 3.84. The number of hydrogen-bond donors (Lipinski definition) is 1. The molecule has 0 saturated heterocycles. The van der Waals surface area contributed by atoms with Crippen molar-refractivity contribution in [2.75, 3.05) is 0 Å². The Labute approximate surface area is 61.2 Å². The van der Waals surface area contributed by atoms with Crippen LogP contribution in [0.15, 0.2) is 0 Å². The van der Waals surface area contributed by atoms with E-state index in [2.05, 4.69) is 13.8 Å². The minimum absolute atomic E-state index is 0.0648. The molecule has 0 aliphatic heterocycles. The van der Waals surface area contributed by atoms with Crippen molar-refractivity contribution in [3.63, 3.8) is 0 Å². The zero-order valence-corrected chi connectivity index (χ0v) is 6.50. The highest BCUT2D eigenvalue weighted by Gasteiger charge is 2.32. The van der Waals surface area contributed by atoms with Gasteiger partial charge in [-0.2, -0.15) is 0 Å². The van der Waals surface area contributed by atoms with E-state index in [-0.39, 0.29) is 5.92 Å². The van der Waals surface area contributed by atoms with Gasteiger partial charge in [0.1, 0.15) is 0 Å². The predicted octanol–water partition coefficient (Wildman–Crippen LogP) is 1.75. The van der Waals surface area contributed by atoms with Crippen LogP contribution in [0.25, 0.3) is 0 Å². The maximum atomic E-state index is 10.5. The molecule has 1 rings (SSSR count). The van der Waals surface area contributed by atoms with Gasteiger partial charge in [-0.3, -0.25) is 4.79 Å². The van der Waals surface area contributed by atoms with Crippen molar-refractivity contribution in [2.24, 2.45) is 17.8 Å². The van der Waals surface area contributed by atoms with Crippen molar-refractivity contribution >= 4 is 5.97 Å². The topological polar surface area (TPSA) is 37.3 Å². The summed E-state index contributed by atoms with van der Waals surface area (Å²) in [6, 6.07) is 0. The fraction of sp³-hybridized carbons (Fsp3) is 0.875. The van der Waals surface area contributed by atoms with Gasteiger partial charge in [-0.15, -0.1) is 0 Å². The molecule has 0 radical (unpaired) electrons. The molecule has 1 aliphatic carbocycles. The Balaban J connectivity index is 2.49. The quantitative estimate of drug-likeness (QED) is 0.605. The normalized spacial score (nSPS) is 34.6. The number of carboxylic acid groups (broad SMARTS) is 1. The Morgan fingerprint density at radius 3 is 1.90 bits per heavy atom. The monoisotopic (exact) mass is 142 g/mol. The summed E-state index contributed by atoms with van der Waals surface area (Å²) in [5, 5.41) is 8.65. The van der Waals surface area contributed by atoms with Gasteiger partial charge in [0.15, 0.2) is 0 Å². The van der Waals surface area contributed by atoms with E-state index in [1.54, 1.807) is 0 Å². The van der Waals surface area contributed by atoms with Crippen molar-refractivity contribution in [1.29, 1.82) is 0 Å². The molecule has 2 atom stereocenters. The highest BCUT2D eigenvalue weighted by atomic mass is 16.4. The van der Waals surface area contributed by atoms with E-state index in [1.165, 1.54) is 0 Å². The summed E-state index contributed by atoms with van der Waals surface area (Å²) in [7, 11) is 0. The fourth-order valence-corrected chi connectivity index (χ4v) is 1.66. The van der Waals surface area contributed by atoms with E-state index in [9.17, 15) is 4.79 Å². The number of rotatable bonds is 1. The minimum atomic E-state index is -0.615. The minimum Gasteiger partial charge on any atom is -0.481 e. The van der Waals surface area contributed by atoms with Gasteiger partial charge in [-0.05, 0) is 24.7 Å². The molecule has 0 heterocycles. The third kappa shape index (κ3) is 1.31. The summed E-state index contributed by atoms with van der Waals surface area (Å²) < 4.78 is 0. The highest BCUT2D eigenvalue weighted by molar-refractivity contribution is 5.70. The number of aliphatic carboxylic acids is 1. The Morgan fingerprint density at radius 2 is 1.70 bits per heavy atom. The van der Waals surface area contributed by atoms with Gasteiger partial charge in [0.05, 0.1) is 5.92 Å². The summed E-state index contributed by atoms with van der Waals surface area (Å²) in [5.41, 5.74) is 0. The van der Waals surface area contributed by atoms with E-state index in [0.717, 1.165) is 12.8 Å². The van der Waals surface area contributed by atoms with Gasteiger partial charge in [-0.25, -0.2) is 0 Å². The maximum Gasteiger partial charge on any atom is 0.306 e. The molecule has 2 nitrogen and oxygen atoms in total. The van der Waals surface area contributed by atoms with E-state index in [4.69, 9.17) is 5.11 Å². The maximum absolute atomic E-state index is 10.5. The van der Waals surface area contributed by atoms with E-state index in [1.807, 2.05) is 0 Å². The highest BCUT2D eigenvalue weighted by Crippen LogP contribution is 2.35. The second-order valence-corrected chi connectivity index (χ2v) is 3.46. The van der Waals surface area contributed by atoms with Crippen LogP contribution in [-0.4, -0.2) is 11.1 Å². The van der Waals surface area contributed by atoms with Gasteiger partial charge in [0.25, 0.3) is 0 Å². The second kappa shape index (κ2) is 2.60. The number of carbonyl (C=O) groups is 1. The second-order valence-electron chi connectivity index (χ2n) is 3.46. The molecule has 0 unspecified atom stereocenters. The van der Waals surface area contributed by atoms with Crippen LogP contribution in [-0.2, 0) is 4.79 Å². The molecule has 2 heteroatoms. The lowest BCUT2D eigenvalue weighted by Crippen LogP contribution is -2.09. The Morgan fingerprint density at radius 1 is 1.30 bits per heavy atom. The van der Waals surface area contributed by atoms with Gasteiger partial charge in [-0.1, -0.05) is 13.8 Å². The summed E-state index contributed by atoms with van der Waals surface area (Å²) in [6.07, 6.45) is 1.74. The molecule has 1 N–H and O–H groups in total. The predicted molar refractivity (Wildman–Crippen MR) is 38.7 cm³/mol. The van der Waals surface area contributed by atoms with Crippen molar-refractivity contribution in [2.45, 2.75) is 26.7 Å². The van der Waals surface area contributed by atoms with Crippen LogP contribution in [0.4, 0.5) is 0 Å². The standard InChI is InChI=1S/C8H14O2/c1-5-3-7(8(9)10)4-6(5)2/h5-7H,3-4H2,1-2H3,(H,9,10)/t5-,6-/m0/s1. The van der Waals surface area contributed by atoms with Crippen LogP contribution in [0.1, 0.15) is 26.7 Å². The largest absolute Gasteiger partial charge is 0.481 e. The third-order valence-electron chi connectivity index (χ3n) is 2.63. The molecule has 1 aliphatic rings. The molecule has 1 fully saturated rings. The van der Waals surface area contributed by atoms with Crippen LogP contribution < -0.4 is 0 Å². The lowest BCUT2D eigenvalue weighted by atomic mass is 10.0. The molecule has 0 bridgehead atoms. The van der Waals surface area contributed by atoms with Gasteiger partial charge in [0.2, 0.25) is 0 Å². The first-order chi connectivity index (χ1) is 4.61. The van der Waals surface area contributed by atoms with E-state index in [0.29, 0.717) is 11.8 Å². The molecular weight excluding hydrogens is 128 g/mol. The lowest BCUT2D eigenvalue weighted by Gasteiger charge is -2.04. The molecular formula is C8H14O2. The van der Waals surface area contributed by atoms with E-state index >= 15 is 0 Å². The zero-order valence-electron chi connectivity index (χ0n) is 6.50. The summed E-state index contributed by atoms with van der Waals surface area (Å²) in [4.78, 5) is 10.5. The molecule has 0 amide bonds. The lowest BCUT2D eigenvalue weighted by molar-refractivity contribution is -0.141. The Hall–Kier alpha value is -0.530. The summed E-state index contributed by atoms with van der Waals surface area (Å²) in [6.45, 7) is 4.27. The van der Waals surface area contributed by atoms with E-state index < -0.39 is 5.97 Å². The number of hydrogen-bond acceptors (Lipinski definition) is 1.